The van der Waals surface area contributed by atoms with E-state index in [9.17, 15) is 0 Å². The molecule has 20 heavy (non-hydrogen) atoms. The topological polar surface area (TPSA) is 38.9 Å². The van der Waals surface area contributed by atoms with Gasteiger partial charge in [-0.15, -0.1) is 10.2 Å². The Morgan fingerprint density at radius 1 is 1.20 bits per heavy atom. The maximum atomic E-state index is 5.70. The highest BCUT2D eigenvalue weighted by molar-refractivity contribution is 5.64. The lowest BCUT2D eigenvalue weighted by Crippen LogP contribution is -1.91. The van der Waals surface area contributed by atoms with Gasteiger partial charge in [0.2, 0.25) is 11.8 Å². The Balaban J connectivity index is 0.000000956. The van der Waals surface area contributed by atoms with Crippen molar-refractivity contribution in [1.29, 1.82) is 0 Å². The van der Waals surface area contributed by atoms with E-state index in [0.717, 1.165) is 24.0 Å². The van der Waals surface area contributed by atoms with E-state index in [-0.39, 0.29) is 0 Å². The Bertz CT molecular complexity index is 545. The summed E-state index contributed by atoms with van der Waals surface area (Å²) in [5.74, 6) is 1.23. The third kappa shape index (κ3) is 4.34. The lowest BCUT2D eigenvalue weighted by molar-refractivity contribution is 0.521. The van der Waals surface area contributed by atoms with E-state index in [1.54, 1.807) is 0 Å². The first-order valence-corrected chi connectivity index (χ1v) is 7.21. The summed E-state index contributed by atoms with van der Waals surface area (Å²) in [6.07, 6.45) is 12.1. The number of aromatic nitrogens is 2. The minimum atomic E-state index is 0.593. The molecule has 0 unspecified atom stereocenters. The normalized spacial score (nSPS) is 15.6. The van der Waals surface area contributed by atoms with Gasteiger partial charge < -0.3 is 4.42 Å². The lowest BCUT2D eigenvalue weighted by atomic mass is 10.00. The van der Waals surface area contributed by atoms with E-state index < -0.39 is 0 Å². The molecular formula is C17H24N2O. The van der Waals surface area contributed by atoms with E-state index in [4.69, 9.17) is 4.42 Å². The van der Waals surface area contributed by atoms with Crippen LogP contribution in [0, 0.1) is 0 Å². The fraction of sp³-hybridized carbons (Fsp3) is 0.412. The molecular weight excluding hydrogens is 248 g/mol. The average molecular weight is 272 g/mol. The van der Waals surface area contributed by atoms with E-state index in [1.165, 1.54) is 5.57 Å². The molecule has 0 saturated carbocycles. The zero-order valence-electron chi connectivity index (χ0n) is 13.1. The second kappa shape index (κ2) is 8.31. The monoisotopic (exact) mass is 272 g/mol. The standard InChI is InChI=1S/C15H18N2O.C2H6/c1-4-5-6-12(3)14-16-17-15(18-14)13-9-7-11(2)8-10-13;1-2/h4-7,9H,8,10H2,1-3H3;1-2H3/b5-4-,12-6+;. The van der Waals surface area contributed by atoms with Crippen LogP contribution >= 0.6 is 0 Å². The van der Waals surface area contributed by atoms with Crippen molar-refractivity contribution in [2.75, 3.05) is 0 Å². The number of allylic oxidation sites excluding steroid dienone is 8. The maximum Gasteiger partial charge on any atom is 0.244 e. The fourth-order valence-corrected chi connectivity index (χ4v) is 1.74. The van der Waals surface area contributed by atoms with Crippen LogP contribution in [0.15, 0.2) is 40.4 Å². The van der Waals surface area contributed by atoms with Gasteiger partial charge in [-0.3, -0.25) is 0 Å². The van der Waals surface area contributed by atoms with Gasteiger partial charge in [0.1, 0.15) is 0 Å². The summed E-state index contributed by atoms with van der Waals surface area (Å²) >= 11 is 0. The van der Waals surface area contributed by atoms with Gasteiger partial charge in [-0.2, -0.15) is 0 Å². The minimum Gasteiger partial charge on any atom is -0.417 e. The van der Waals surface area contributed by atoms with E-state index in [0.29, 0.717) is 11.8 Å². The van der Waals surface area contributed by atoms with Crippen LogP contribution < -0.4 is 0 Å². The Morgan fingerprint density at radius 3 is 2.55 bits per heavy atom. The van der Waals surface area contributed by atoms with Crippen LogP contribution in [0.4, 0.5) is 0 Å². The number of hydrogen-bond acceptors (Lipinski definition) is 3. The van der Waals surface area contributed by atoms with Crippen molar-refractivity contribution >= 4 is 11.1 Å². The van der Waals surface area contributed by atoms with Crippen LogP contribution in [-0.4, -0.2) is 10.2 Å². The van der Waals surface area contributed by atoms with Gasteiger partial charge in [-0.05, 0) is 33.6 Å². The van der Waals surface area contributed by atoms with Gasteiger partial charge in [0, 0.05) is 11.1 Å². The highest BCUT2D eigenvalue weighted by Gasteiger charge is 2.13. The van der Waals surface area contributed by atoms with Crippen LogP contribution in [0.3, 0.4) is 0 Å². The summed E-state index contributed by atoms with van der Waals surface area (Å²) in [4.78, 5) is 0. The largest absolute Gasteiger partial charge is 0.417 e. The summed E-state index contributed by atoms with van der Waals surface area (Å²) in [6.45, 7) is 10.1. The molecule has 1 heterocycles. The van der Waals surface area contributed by atoms with Crippen LogP contribution in [0.25, 0.3) is 11.1 Å². The van der Waals surface area contributed by atoms with Crippen LogP contribution in [-0.2, 0) is 0 Å². The first-order valence-electron chi connectivity index (χ1n) is 7.21. The summed E-state index contributed by atoms with van der Waals surface area (Å²) in [6, 6.07) is 0. The molecule has 3 nitrogen and oxygen atoms in total. The highest BCUT2D eigenvalue weighted by atomic mass is 16.4. The van der Waals surface area contributed by atoms with Gasteiger partial charge in [0.15, 0.2) is 0 Å². The Hall–Kier alpha value is -1.90. The van der Waals surface area contributed by atoms with Crippen molar-refractivity contribution in [2.45, 2.75) is 47.5 Å². The molecule has 0 aliphatic heterocycles. The van der Waals surface area contributed by atoms with Gasteiger partial charge in [0.25, 0.3) is 0 Å². The third-order valence-corrected chi connectivity index (χ3v) is 2.93. The molecule has 0 bridgehead atoms. The van der Waals surface area contributed by atoms with Crippen LogP contribution in [0.1, 0.15) is 59.2 Å². The molecule has 2 rings (SSSR count). The quantitative estimate of drug-likeness (QED) is 0.710. The predicted molar refractivity (Wildman–Crippen MR) is 85.1 cm³/mol. The van der Waals surface area contributed by atoms with E-state index >= 15 is 0 Å². The van der Waals surface area contributed by atoms with Crippen molar-refractivity contribution < 1.29 is 4.42 Å². The molecule has 1 aromatic heterocycles. The van der Waals surface area contributed by atoms with E-state index in [1.807, 2.05) is 45.9 Å². The molecule has 1 aliphatic rings. The lowest BCUT2D eigenvalue weighted by Gasteiger charge is -2.07. The Labute approximate surface area is 121 Å². The van der Waals surface area contributed by atoms with Crippen molar-refractivity contribution in [3.63, 3.8) is 0 Å². The summed E-state index contributed by atoms with van der Waals surface area (Å²) in [5, 5.41) is 8.20. The van der Waals surface area contributed by atoms with Crippen molar-refractivity contribution in [2.24, 2.45) is 0 Å². The molecule has 0 N–H and O–H groups in total. The highest BCUT2D eigenvalue weighted by Crippen LogP contribution is 2.26. The van der Waals surface area contributed by atoms with Gasteiger partial charge in [-0.1, -0.05) is 49.8 Å². The van der Waals surface area contributed by atoms with Gasteiger partial charge in [-0.25, -0.2) is 0 Å². The molecule has 3 heteroatoms. The molecule has 0 radical (unpaired) electrons. The SMILES string of the molecule is C/C=C\C=C(/C)c1nnc(C2=CC=C(C)CC2)o1.CC. The molecule has 108 valence electrons. The Kier molecular flexibility index (Phi) is 6.71. The summed E-state index contributed by atoms with van der Waals surface area (Å²) in [5.41, 5.74) is 3.50. The molecule has 1 aromatic rings. The molecule has 0 atom stereocenters. The Morgan fingerprint density at radius 2 is 1.95 bits per heavy atom. The zero-order chi connectivity index (χ0) is 15.0. The molecule has 0 aromatic carbocycles. The first kappa shape index (κ1) is 16.2. The van der Waals surface area contributed by atoms with Crippen molar-refractivity contribution in [3.05, 3.63) is 47.7 Å². The number of hydrogen-bond donors (Lipinski definition) is 0. The average Bonchev–Trinajstić information content (AvgIpc) is 2.97. The third-order valence-electron chi connectivity index (χ3n) is 2.93. The van der Waals surface area contributed by atoms with Crippen molar-refractivity contribution in [1.82, 2.24) is 10.2 Å². The first-order chi connectivity index (χ1) is 9.70. The molecule has 0 amide bonds. The van der Waals surface area contributed by atoms with Crippen molar-refractivity contribution in [3.8, 4) is 0 Å². The molecule has 0 saturated heterocycles. The zero-order valence-corrected chi connectivity index (χ0v) is 13.1. The van der Waals surface area contributed by atoms with Crippen LogP contribution in [0.2, 0.25) is 0 Å². The molecule has 0 fully saturated rings. The minimum absolute atomic E-state index is 0.593. The molecule has 1 aliphatic carbocycles. The summed E-state index contributed by atoms with van der Waals surface area (Å²) in [7, 11) is 0. The number of rotatable bonds is 3. The second-order valence-electron chi connectivity index (χ2n) is 4.49. The second-order valence-corrected chi connectivity index (χ2v) is 4.49. The predicted octanol–water partition coefficient (Wildman–Crippen LogP) is 5.20. The smallest absolute Gasteiger partial charge is 0.244 e. The van der Waals surface area contributed by atoms with E-state index in [2.05, 4.69) is 29.3 Å². The summed E-state index contributed by atoms with van der Waals surface area (Å²) < 4.78 is 5.70. The van der Waals surface area contributed by atoms with Gasteiger partial charge in [0.05, 0.1) is 0 Å². The molecule has 0 spiro atoms. The maximum absolute atomic E-state index is 5.70. The van der Waals surface area contributed by atoms with Crippen LogP contribution in [0.5, 0.6) is 0 Å². The van der Waals surface area contributed by atoms with Gasteiger partial charge >= 0.3 is 0 Å². The number of nitrogens with zero attached hydrogens (tertiary/aromatic N) is 2. The fourth-order valence-electron chi connectivity index (χ4n) is 1.74.